The lowest BCUT2D eigenvalue weighted by molar-refractivity contribution is -0.132. The molecule has 0 saturated carbocycles. The number of hydrogen-bond acceptors (Lipinski definition) is 6. The maximum atomic E-state index is 13.2. The molecule has 3 aromatic carbocycles. The van der Waals surface area contributed by atoms with Gasteiger partial charge in [-0.05, 0) is 53.9 Å². The lowest BCUT2D eigenvalue weighted by atomic mass is 9.94. The number of Topliss-reactive ketones (excluding diaryl/α,β-unsaturated/α-hetero) is 1. The lowest BCUT2D eigenvalue weighted by Gasteiger charge is -2.25. The Hall–Kier alpha value is -4.70. The van der Waals surface area contributed by atoms with Gasteiger partial charge >= 0.3 is 5.97 Å². The summed E-state index contributed by atoms with van der Waals surface area (Å²) in [4.78, 5) is 39.3. The van der Waals surface area contributed by atoms with Gasteiger partial charge in [-0.3, -0.25) is 19.3 Å². The minimum Gasteiger partial charge on any atom is -0.507 e. The average Bonchev–Trinajstić information content (AvgIpc) is 3.13. The molecule has 0 spiro atoms. The van der Waals surface area contributed by atoms with Crippen LogP contribution in [0.4, 0.5) is 5.69 Å². The lowest BCUT2D eigenvalue weighted by Crippen LogP contribution is -2.29. The van der Waals surface area contributed by atoms with Crippen molar-refractivity contribution in [2.24, 2.45) is 0 Å². The zero-order valence-electron chi connectivity index (χ0n) is 19.2. The first-order chi connectivity index (χ1) is 16.8. The second-order valence-electron chi connectivity index (χ2n) is 8.04. The fourth-order valence-corrected chi connectivity index (χ4v) is 4.08. The summed E-state index contributed by atoms with van der Waals surface area (Å²) in [6, 6.07) is 20.9. The number of nitriles is 1. The minimum absolute atomic E-state index is 0.0800. The molecule has 3 aromatic rings. The summed E-state index contributed by atoms with van der Waals surface area (Å²) in [5, 5.41) is 20.3. The van der Waals surface area contributed by atoms with Crippen molar-refractivity contribution < 1.29 is 24.2 Å². The normalized spacial score (nSPS) is 16.7. The van der Waals surface area contributed by atoms with Gasteiger partial charge in [0.05, 0.1) is 23.2 Å². The number of anilines is 1. The third-order valence-corrected chi connectivity index (χ3v) is 5.79. The summed E-state index contributed by atoms with van der Waals surface area (Å²) >= 11 is 0. The van der Waals surface area contributed by atoms with E-state index >= 15 is 0 Å². The second-order valence-corrected chi connectivity index (χ2v) is 8.04. The molecule has 4 rings (SSSR count). The van der Waals surface area contributed by atoms with E-state index in [0.29, 0.717) is 22.4 Å². The Labute approximate surface area is 202 Å². The van der Waals surface area contributed by atoms with Crippen LogP contribution in [0.1, 0.15) is 42.1 Å². The minimum atomic E-state index is -0.982. The topological polar surface area (TPSA) is 108 Å². The van der Waals surface area contributed by atoms with Crippen LogP contribution in [-0.2, 0) is 20.8 Å². The van der Waals surface area contributed by atoms with Gasteiger partial charge in [0.1, 0.15) is 11.5 Å². The first kappa shape index (κ1) is 23.5. The van der Waals surface area contributed by atoms with Gasteiger partial charge in [0.2, 0.25) is 0 Å². The quantitative estimate of drug-likeness (QED) is 0.192. The number of esters is 1. The Balaban J connectivity index is 1.91. The van der Waals surface area contributed by atoms with Crippen molar-refractivity contribution in [1.82, 2.24) is 0 Å². The first-order valence-electron chi connectivity index (χ1n) is 11.0. The van der Waals surface area contributed by atoms with E-state index in [1.54, 1.807) is 60.7 Å². The van der Waals surface area contributed by atoms with E-state index < -0.39 is 23.7 Å². The Morgan fingerprint density at radius 3 is 2.34 bits per heavy atom. The number of aryl methyl sites for hydroxylation is 1. The van der Waals surface area contributed by atoms with E-state index in [1.807, 2.05) is 25.1 Å². The van der Waals surface area contributed by atoms with E-state index in [2.05, 4.69) is 0 Å². The Bertz CT molecular complexity index is 1380. The Kier molecular flexibility index (Phi) is 6.47. The molecule has 174 valence electrons. The average molecular weight is 466 g/mol. The highest BCUT2D eigenvalue weighted by Crippen LogP contribution is 2.42. The first-order valence-corrected chi connectivity index (χ1v) is 11.0. The van der Waals surface area contributed by atoms with Crippen molar-refractivity contribution in [3.63, 3.8) is 0 Å². The number of aliphatic hydroxyl groups excluding tert-OH is 1. The predicted molar refractivity (Wildman–Crippen MR) is 130 cm³/mol. The van der Waals surface area contributed by atoms with Crippen LogP contribution < -0.4 is 9.64 Å². The number of ether oxygens (including phenoxy) is 1. The zero-order valence-corrected chi connectivity index (χ0v) is 19.2. The van der Waals surface area contributed by atoms with E-state index in [1.165, 1.54) is 11.8 Å². The van der Waals surface area contributed by atoms with Gasteiger partial charge in [0, 0.05) is 18.2 Å². The second kappa shape index (κ2) is 9.65. The van der Waals surface area contributed by atoms with Crippen molar-refractivity contribution >= 4 is 29.1 Å². The third kappa shape index (κ3) is 4.55. The molecule has 1 amide bonds. The van der Waals surface area contributed by atoms with Crippen LogP contribution in [0.25, 0.3) is 5.76 Å². The number of benzene rings is 3. The number of ketones is 1. The molecule has 35 heavy (non-hydrogen) atoms. The SMILES string of the molecule is CCc1ccc(/C(O)=C2/C(=O)C(=O)N(c3ccc(C#N)cc3)C2c2cccc(OC(C)=O)c2)cc1. The largest absolute Gasteiger partial charge is 0.507 e. The molecular formula is C28H22N2O5. The Morgan fingerprint density at radius 1 is 1.06 bits per heavy atom. The maximum Gasteiger partial charge on any atom is 0.308 e. The smallest absolute Gasteiger partial charge is 0.308 e. The molecule has 1 aliphatic heterocycles. The molecule has 1 heterocycles. The van der Waals surface area contributed by atoms with Gasteiger partial charge in [0.25, 0.3) is 11.7 Å². The molecular weight excluding hydrogens is 444 g/mol. The summed E-state index contributed by atoms with van der Waals surface area (Å²) in [7, 11) is 0. The van der Waals surface area contributed by atoms with Crippen LogP contribution in [-0.4, -0.2) is 22.8 Å². The maximum absolute atomic E-state index is 13.2. The number of amides is 1. The molecule has 1 atom stereocenters. The van der Waals surface area contributed by atoms with Crippen LogP contribution in [0.5, 0.6) is 5.75 Å². The number of carbonyl (C=O) groups is 3. The predicted octanol–water partition coefficient (Wildman–Crippen LogP) is 4.67. The number of carbonyl (C=O) groups excluding carboxylic acids is 3. The molecule has 1 aliphatic rings. The highest BCUT2D eigenvalue weighted by Gasteiger charge is 2.47. The molecule has 1 N–H and O–H groups in total. The van der Waals surface area contributed by atoms with Crippen LogP contribution in [0.2, 0.25) is 0 Å². The van der Waals surface area contributed by atoms with Crippen molar-refractivity contribution in [2.45, 2.75) is 26.3 Å². The fourth-order valence-electron chi connectivity index (χ4n) is 4.08. The van der Waals surface area contributed by atoms with Gasteiger partial charge in [-0.2, -0.15) is 5.26 Å². The van der Waals surface area contributed by atoms with E-state index in [4.69, 9.17) is 10.00 Å². The molecule has 0 aliphatic carbocycles. The zero-order chi connectivity index (χ0) is 25.1. The molecule has 1 unspecified atom stereocenters. The van der Waals surface area contributed by atoms with E-state index in [0.717, 1.165) is 12.0 Å². The Morgan fingerprint density at radius 2 is 1.74 bits per heavy atom. The van der Waals surface area contributed by atoms with Crippen LogP contribution in [0.15, 0.2) is 78.4 Å². The standard InChI is InChI=1S/C28H22N2O5/c1-3-18-7-11-20(12-8-18)26(32)24-25(21-5-4-6-23(15-21)35-17(2)31)30(28(34)27(24)33)22-13-9-19(16-29)10-14-22/h4-15,25,32H,3H2,1-2H3/b26-24-. The van der Waals surface area contributed by atoms with Gasteiger partial charge < -0.3 is 9.84 Å². The summed E-state index contributed by atoms with van der Waals surface area (Å²) in [5.74, 6) is -2.23. The molecule has 0 radical (unpaired) electrons. The molecule has 7 heteroatoms. The monoisotopic (exact) mass is 466 g/mol. The third-order valence-electron chi connectivity index (χ3n) is 5.79. The number of nitrogens with zero attached hydrogens (tertiary/aromatic N) is 2. The number of hydrogen-bond donors (Lipinski definition) is 1. The van der Waals surface area contributed by atoms with Gasteiger partial charge in [0.15, 0.2) is 0 Å². The van der Waals surface area contributed by atoms with Crippen molar-refractivity contribution in [1.29, 1.82) is 5.26 Å². The van der Waals surface area contributed by atoms with Crippen LogP contribution in [0.3, 0.4) is 0 Å². The van der Waals surface area contributed by atoms with Crippen molar-refractivity contribution in [3.8, 4) is 11.8 Å². The summed E-state index contributed by atoms with van der Waals surface area (Å²) in [6.07, 6.45) is 0.813. The van der Waals surface area contributed by atoms with Crippen LogP contribution in [0, 0.1) is 11.3 Å². The number of aliphatic hydroxyl groups is 1. The van der Waals surface area contributed by atoms with Crippen molar-refractivity contribution in [3.05, 3.63) is 101 Å². The molecule has 7 nitrogen and oxygen atoms in total. The summed E-state index contributed by atoms with van der Waals surface area (Å²) in [6.45, 7) is 3.28. The fraction of sp³-hybridized carbons (Fsp3) is 0.143. The highest BCUT2D eigenvalue weighted by atomic mass is 16.5. The van der Waals surface area contributed by atoms with Crippen molar-refractivity contribution in [2.75, 3.05) is 4.90 Å². The van der Waals surface area contributed by atoms with Crippen LogP contribution >= 0.6 is 0 Å². The summed E-state index contributed by atoms with van der Waals surface area (Å²) < 4.78 is 5.20. The van der Waals surface area contributed by atoms with Gasteiger partial charge in [-0.25, -0.2) is 0 Å². The van der Waals surface area contributed by atoms with E-state index in [-0.39, 0.29) is 17.1 Å². The highest BCUT2D eigenvalue weighted by molar-refractivity contribution is 6.51. The molecule has 1 saturated heterocycles. The molecule has 0 bridgehead atoms. The summed E-state index contributed by atoms with van der Waals surface area (Å²) in [5.41, 5.74) is 2.64. The molecule has 1 fully saturated rings. The van der Waals surface area contributed by atoms with Gasteiger partial charge in [-0.1, -0.05) is 43.3 Å². The van der Waals surface area contributed by atoms with E-state index in [9.17, 15) is 19.5 Å². The molecule has 0 aromatic heterocycles. The van der Waals surface area contributed by atoms with Gasteiger partial charge in [-0.15, -0.1) is 0 Å². The number of rotatable bonds is 5.